The van der Waals surface area contributed by atoms with Gasteiger partial charge in [-0.15, -0.1) is 0 Å². The average Bonchev–Trinajstić information content (AvgIpc) is 2.44. The number of aromatic hydroxyl groups is 1. The molecular weight excluding hydrogens is 326 g/mol. The number of phenolic OH excluding ortho intramolecular Hbond substituents is 1. The zero-order valence-electron chi connectivity index (χ0n) is 12.4. The highest BCUT2D eigenvalue weighted by atomic mass is 79.9. The smallest absolute Gasteiger partial charge is 0.123 e. The summed E-state index contributed by atoms with van der Waals surface area (Å²) in [6.45, 7) is 6.00. The minimum absolute atomic E-state index is 0.411. The third kappa shape index (κ3) is 2.93. The van der Waals surface area contributed by atoms with E-state index in [-0.39, 0.29) is 0 Å². The highest BCUT2D eigenvalue weighted by Gasteiger charge is 2.22. The fourth-order valence-electron chi connectivity index (χ4n) is 3.19. The Labute approximate surface area is 134 Å². The maximum Gasteiger partial charge on any atom is 0.123 e. The summed E-state index contributed by atoms with van der Waals surface area (Å²) in [5, 5.41) is 10.3. The SMILES string of the molecule is Cc1cc(Br)cc(CN2CC(C)Cc3ccccc32)c1O. The molecule has 0 aliphatic carbocycles. The third-order valence-electron chi connectivity index (χ3n) is 4.14. The lowest BCUT2D eigenvalue weighted by atomic mass is 9.93. The fourth-order valence-corrected chi connectivity index (χ4v) is 3.81. The number of phenols is 1. The van der Waals surface area contributed by atoms with E-state index in [0.717, 1.165) is 35.1 Å². The van der Waals surface area contributed by atoms with Crippen molar-refractivity contribution in [2.24, 2.45) is 5.92 Å². The van der Waals surface area contributed by atoms with Crippen molar-refractivity contribution in [1.82, 2.24) is 0 Å². The van der Waals surface area contributed by atoms with Crippen molar-refractivity contribution in [2.45, 2.75) is 26.8 Å². The molecule has 1 atom stereocenters. The van der Waals surface area contributed by atoms with Crippen LogP contribution in [0.2, 0.25) is 0 Å². The molecule has 1 unspecified atom stereocenters. The van der Waals surface area contributed by atoms with Crippen LogP contribution in [0, 0.1) is 12.8 Å². The first-order valence-electron chi connectivity index (χ1n) is 7.35. The molecule has 1 N–H and O–H groups in total. The quantitative estimate of drug-likeness (QED) is 0.855. The molecule has 2 aromatic rings. The van der Waals surface area contributed by atoms with Crippen LogP contribution in [0.5, 0.6) is 5.75 Å². The van der Waals surface area contributed by atoms with E-state index in [1.165, 1.54) is 11.3 Å². The van der Waals surface area contributed by atoms with Crippen LogP contribution in [0.4, 0.5) is 5.69 Å². The molecule has 3 heteroatoms. The van der Waals surface area contributed by atoms with E-state index in [0.29, 0.717) is 11.7 Å². The van der Waals surface area contributed by atoms with E-state index in [9.17, 15) is 5.11 Å². The van der Waals surface area contributed by atoms with Gasteiger partial charge in [-0.25, -0.2) is 0 Å². The lowest BCUT2D eigenvalue weighted by molar-refractivity contribution is 0.459. The summed E-state index contributed by atoms with van der Waals surface area (Å²) in [6, 6.07) is 12.6. The average molecular weight is 346 g/mol. The van der Waals surface area contributed by atoms with Crippen LogP contribution in [0.15, 0.2) is 40.9 Å². The molecule has 2 aromatic carbocycles. The maximum absolute atomic E-state index is 10.3. The molecule has 1 aliphatic heterocycles. The molecule has 1 aliphatic rings. The molecule has 0 saturated heterocycles. The van der Waals surface area contributed by atoms with Gasteiger partial charge in [0.05, 0.1) is 0 Å². The molecule has 110 valence electrons. The molecule has 2 nitrogen and oxygen atoms in total. The number of aryl methyl sites for hydroxylation is 1. The van der Waals surface area contributed by atoms with Crippen molar-refractivity contribution in [2.75, 3.05) is 11.4 Å². The van der Waals surface area contributed by atoms with Crippen LogP contribution >= 0.6 is 15.9 Å². The van der Waals surface area contributed by atoms with Gasteiger partial charge < -0.3 is 10.0 Å². The van der Waals surface area contributed by atoms with Crippen LogP contribution in [0.25, 0.3) is 0 Å². The van der Waals surface area contributed by atoms with E-state index >= 15 is 0 Å². The van der Waals surface area contributed by atoms with Gasteiger partial charge in [0.15, 0.2) is 0 Å². The topological polar surface area (TPSA) is 23.5 Å². The Balaban J connectivity index is 1.95. The molecule has 1 heterocycles. The molecule has 0 radical (unpaired) electrons. The van der Waals surface area contributed by atoms with Crippen LogP contribution in [-0.2, 0) is 13.0 Å². The van der Waals surface area contributed by atoms with Crippen LogP contribution in [-0.4, -0.2) is 11.7 Å². The highest BCUT2D eigenvalue weighted by Crippen LogP contribution is 2.33. The zero-order valence-corrected chi connectivity index (χ0v) is 14.0. The minimum Gasteiger partial charge on any atom is -0.507 e. The first-order valence-corrected chi connectivity index (χ1v) is 8.14. The number of para-hydroxylation sites is 1. The number of anilines is 1. The Morgan fingerprint density at radius 2 is 2.05 bits per heavy atom. The molecule has 21 heavy (non-hydrogen) atoms. The monoisotopic (exact) mass is 345 g/mol. The lowest BCUT2D eigenvalue weighted by Crippen LogP contribution is -2.33. The third-order valence-corrected chi connectivity index (χ3v) is 4.60. The zero-order chi connectivity index (χ0) is 15.0. The molecule has 0 aromatic heterocycles. The van der Waals surface area contributed by atoms with Crippen molar-refractivity contribution in [3.63, 3.8) is 0 Å². The molecule has 0 saturated carbocycles. The molecule has 0 bridgehead atoms. The van der Waals surface area contributed by atoms with E-state index < -0.39 is 0 Å². The maximum atomic E-state index is 10.3. The Hall–Kier alpha value is -1.48. The van der Waals surface area contributed by atoms with E-state index in [1.807, 2.05) is 19.1 Å². The van der Waals surface area contributed by atoms with E-state index in [4.69, 9.17) is 0 Å². The molecular formula is C18H20BrNO. The number of hydrogen-bond acceptors (Lipinski definition) is 2. The lowest BCUT2D eigenvalue weighted by Gasteiger charge is -2.35. The number of halogens is 1. The molecule has 3 rings (SSSR count). The van der Waals surface area contributed by atoms with Crippen LogP contribution < -0.4 is 4.90 Å². The van der Waals surface area contributed by atoms with Gasteiger partial charge in [0, 0.05) is 28.8 Å². The number of nitrogens with zero attached hydrogens (tertiary/aromatic N) is 1. The Bertz CT molecular complexity index is 668. The summed E-state index contributed by atoms with van der Waals surface area (Å²) in [4.78, 5) is 2.38. The van der Waals surface area contributed by atoms with E-state index in [2.05, 4.69) is 52.0 Å². The predicted octanol–water partition coefficient (Wildman–Crippen LogP) is 4.66. The van der Waals surface area contributed by atoms with Gasteiger partial charge in [0.1, 0.15) is 5.75 Å². The van der Waals surface area contributed by atoms with Gasteiger partial charge in [0.2, 0.25) is 0 Å². The summed E-state index contributed by atoms with van der Waals surface area (Å²) in [6.07, 6.45) is 1.14. The number of fused-ring (bicyclic) bond motifs is 1. The van der Waals surface area contributed by atoms with Gasteiger partial charge in [-0.3, -0.25) is 0 Å². The summed E-state index contributed by atoms with van der Waals surface area (Å²) in [7, 11) is 0. The first-order chi connectivity index (χ1) is 10.0. The Morgan fingerprint density at radius 1 is 1.29 bits per heavy atom. The second-order valence-corrected chi connectivity index (χ2v) is 6.96. The standard InChI is InChI=1S/C18H20BrNO/c1-12-7-14-5-3-4-6-17(14)20(10-12)11-15-9-16(19)8-13(2)18(15)21/h3-6,8-9,12,21H,7,10-11H2,1-2H3. The fraction of sp³-hybridized carbons (Fsp3) is 0.333. The number of hydrogen-bond donors (Lipinski definition) is 1. The minimum atomic E-state index is 0.411. The van der Waals surface area contributed by atoms with Crippen molar-refractivity contribution in [3.05, 3.63) is 57.6 Å². The predicted molar refractivity (Wildman–Crippen MR) is 90.9 cm³/mol. The molecule has 0 amide bonds. The van der Waals surface area contributed by atoms with Crippen molar-refractivity contribution >= 4 is 21.6 Å². The molecule has 0 spiro atoms. The van der Waals surface area contributed by atoms with Crippen molar-refractivity contribution < 1.29 is 5.11 Å². The van der Waals surface area contributed by atoms with Gasteiger partial charge in [-0.05, 0) is 48.6 Å². The summed E-state index contributed by atoms with van der Waals surface area (Å²) < 4.78 is 1.02. The van der Waals surface area contributed by atoms with E-state index in [1.54, 1.807) is 0 Å². The van der Waals surface area contributed by atoms with Crippen LogP contribution in [0.3, 0.4) is 0 Å². The highest BCUT2D eigenvalue weighted by molar-refractivity contribution is 9.10. The van der Waals surface area contributed by atoms with Gasteiger partial charge in [-0.2, -0.15) is 0 Å². The number of benzene rings is 2. The molecule has 0 fully saturated rings. The normalized spacial score (nSPS) is 17.7. The van der Waals surface area contributed by atoms with Crippen molar-refractivity contribution in [1.29, 1.82) is 0 Å². The second kappa shape index (κ2) is 5.72. The number of rotatable bonds is 2. The summed E-state index contributed by atoms with van der Waals surface area (Å²) in [5.41, 5.74) is 4.60. The summed E-state index contributed by atoms with van der Waals surface area (Å²) in [5.74, 6) is 1.05. The Morgan fingerprint density at radius 3 is 2.86 bits per heavy atom. The van der Waals surface area contributed by atoms with Crippen LogP contribution in [0.1, 0.15) is 23.6 Å². The first kappa shape index (κ1) is 14.5. The Kier molecular flexibility index (Phi) is 3.94. The largest absolute Gasteiger partial charge is 0.507 e. The summed E-state index contributed by atoms with van der Waals surface area (Å²) >= 11 is 3.53. The van der Waals surface area contributed by atoms with Gasteiger partial charge in [-0.1, -0.05) is 41.1 Å². The second-order valence-electron chi connectivity index (χ2n) is 6.05. The van der Waals surface area contributed by atoms with Crippen molar-refractivity contribution in [3.8, 4) is 5.75 Å². The van der Waals surface area contributed by atoms with Gasteiger partial charge in [0.25, 0.3) is 0 Å². The van der Waals surface area contributed by atoms with Gasteiger partial charge >= 0.3 is 0 Å².